The average molecular weight is 377 g/mol. The highest BCUT2D eigenvalue weighted by Gasteiger charge is 2.30. The Morgan fingerprint density at radius 1 is 1.14 bits per heavy atom. The molecule has 1 aliphatic rings. The van der Waals surface area contributed by atoms with Crippen molar-refractivity contribution in [3.05, 3.63) is 77.9 Å². The van der Waals surface area contributed by atoms with Gasteiger partial charge in [0.05, 0.1) is 12.6 Å². The minimum Gasteiger partial charge on any atom is -0.494 e. The minimum atomic E-state index is -0.0261. The van der Waals surface area contributed by atoms with E-state index in [4.69, 9.17) is 4.74 Å². The standard InChI is InChI=1S/C24H27NO3/c1-3-17-25(22-14-11-18-7-5-6-8-21(18)22)24(27)16-15-23(26)19-9-12-20(13-10-19)28-4-2/h3,5-10,12-13,22H,1,4,11,14-17H2,2H3/t22-/m1/s1. The average Bonchev–Trinajstić information content (AvgIpc) is 3.14. The SMILES string of the molecule is C=CCN(C(=O)CCC(=O)c1ccc(OCC)cc1)[C@@H]1CCc2ccccc21. The Morgan fingerprint density at radius 3 is 2.61 bits per heavy atom. The van der Waals surface area contributed by atoms with Gasteiger partial charge in [-0.3, -0.25) is 9.59 Å². The Hall–Kier alpha value is -2.88. The zero-order chi connectivity index (χ0) is 19.9. The van der Waals surface area contributed by atoms with Crippen molar-refractivity contribution in [2.45, 2.75) is 38.6 Å². The van der Waals surface area contributed by atoms with E-state index in [-0.39, 0.29) is 30.6 Å². The summed E-state index contributed by atoms with van der Waals surface area (Å²) in [6.07, 6.45) is 4.07. The molecular weight excluding hydrogens is 350 g/mol. The van der Waals surface area contributed by atoms with Gasteiger partial charge < -0.3 is 9.64 Å². The second-order valence-electron chi connectivity index (χ2n) is 6.97. The molecule has 1 aliphatic carbocycles. The molecule has 2 aromatic rings. The summed E-state index contributed by atoms with van der Waals surface area (Å²) in [6.45, 7) is 6.81. The van der Waals surface area contributed by atoms with Crippen molar-refractivity contribution in [3.63, 3.8) is 0 Å². The number of ether oxygens (including phenoxy) is 1. The quantitative estimate of drug-likeness (QED) is 0.468. The molecule has 4 heteroatoms. The van der Waals surface area contributed by atoms with Gasteiger partial charge in [-0.2, -0.15) is 0 Å². The van der Waals surface area contributed by atoms with E-state index in [1.807, 2.05) is 24.0 Å². The van der Waals surface area contributed by atoms with E-state index in [1.54, 1.807) is 30.3 Å². The summed E-state index contributed by atoms with van der Waals surface area (Å²) in [5.74, 6) is 0.717. The van der Waals surface area contributed by atoms with Crippen molar-refractivity contribution in [1.82, 2.24) is 4.90 Å². The van der Waals surface area contributed by atoms with Crippen LogP contribution in [0.4, 0.5) is 0 Å². The van der Waals surface area contributed by atoms with E-state index >= 15 is 0 Å². The maximum atomic E-state index is 12.9. The number of amides is 1. The van der Waals surface area contributed by atoms with Crippen molar-refractivity contribution in [1.29, 1.82) is 0 Å². The second kappa shape index (κ2) is 9.36. The molecule has 1 atom stereocenters. The van der Waals surface area contributed by atoms with Crippen LogP contribution in [0.1, 0.15) is 53.7 Å². The van der Waals surface area contributed by atoms with Gasteiger partial charge in [0.1, 0.15) is 5.75 Å². The zero-order valence-corrected chi connectivity index (χ0v) is 16.4. The predicted molar refractivity (Wildman–Crippen MR) is 111 cm³/mol. The zero-order valence-electron chi connectivity index (χ0n) is 16.4. The molecule has 28 heavy (non-hydrogen) atoms. The van der Waals surface area contributed by atoms with Crippen molar-refractivity contribution in [2.24, 2.45) is 0 Å². The first-order chi connectivity index (χ1) is 13.6. The fourth-order valence-electron chi connectivity index (χ4n) is 3.81. The molecule has 0 aliphatic heterocycles. The van der Waals surface area contributed by atoms with Crippen LogP contribution < -0.4 is 4.74 Å². The van der Waals surface area contributed by atoms with Gasteiger partial charge >= 0.3 is 0 Å². The van der Waals surface area contributed by atoms with Gasteiger partial charge in [-0.05, 0) is 55.2 Å². The van der Waals surface area contributed by atoms with Crippen molar-refractivity contribution in [2.75, 3.05) is 13.2 Å². The van der Waals surface area contributed by atoms with Gasteiger partial charge in [-0.25, -0.2) is 0 Å². The Bertz CT molecular complexity index is 841. The van der Waals surface area contributed by atoms with E-state index in [9.17, 15) is 9.59 Å². The first-order valence-electron chi connectivity index (χ1n) is 9.88. The Kier molecular flexibility index (Phi) is 6.64. The van der Waals surface area contributed by atoms with Crippen LogP contribution in [0, 0.1) is 0 Å². The summed E-state index contributed by atoms with van der Waals surface area (Å²) >= 11 is 0. The number of carbonyl (C=O) groups is 2. The number of hydrogen-bond donors (Lipinski definition) is 0. The minimum absolute atomic E-state index is 0.000824. The normalized spacial score (nSPS) is 15.0. The molecule has 3 rings (SSSR count). The Balaban J connectivity index is 1.63. The highest BCUT2D eigenvalue weighted by Crippen LogP contribution is 2.36. The third-order valence-electron chi connectivity index (χ3n) is 5.18. The van der Waals surface area contributed by atoms with E-state index in [0.29, 0.717) is 18.7 Å². The summed E-state index contributed by atoms with van der Waals surface area (Å²) < 4.78 is 5.40. The molecule has 0 radical (unpaired) electrons. The molecule has 1 amide bonds. The van der Waals surface area contributed by atoms with Crippen LogP contribution in [0.2, 0.25) is 0 Å². The maximum Gasteiger partial charge on any atom is 0.223 e. The summed E-state index contributed by atoms with van der Waals surface area (Å²) in [5.41, 5.74) is 3.13. The Morgan fingerprint density at radius 2 is 1.89 bits per heavy atom. The molecule has 0 heterocycles. The summed E-state index contributed by atoms with van der Waals surface area (Å²) in [7, 11) is 0. The molecule has 0 fully saturated rings. The summed E-state index contributed by atoms with van der Waals surface area (Å²) in [5, 5.41) is 0. The number of rotatable bonds is 9. The molecule has 0 saturated carbocycles. The molecule has 146 valence electrons. The number of benzene rings is 2. The van der Waals surface area contributed by atoms with Gasteiger partial charge in [0.25, 0.3) is 0 Å². The molecule has 0 N–H and O–H groups in total. The number of aryl methyl sites for hydroxylation is 1. The first kappa shape index (κ1) is 19.9. The molecule has 4 nitrogen and oxygen atoms in total. The van der Waals surface area contributed by atoms with Crippen LogP contribution in [0.15, 0.2) is 61.2 Å². The topological polar surface area (TPSA) is 46.6 Å². The number of ketones is 1. The van der Waals surface area contributed by atoms with E-state index < -0.39 is 0 Å². The number of Topliss-reactive ketones (excluding diaryl/α,β-unsaturated/α-hetero) is 1. The molecular formula is C24H27NO3. The fourth-order valence-corrected chi connectivity index (χ4v) is 3.81. The van der Waals surface area contributed by atoms with Crippen molar-refractivity contribution < 1.29 is 14.3 Å². The van der Waals surface area contributed by atoms with Gasteiger partial charge in [0.2, 0.25) is 5.91 Å². The summed E-state index contributed by atoms with van der Waals surface area (Å²) in [6, 6.07) is 15.4. The summed E-state index contributed by atoms with van der Waals surface area (Å²) in [4.78, 5) is 27.3. The largest absolute Gasteiger partial charge is 0.494 e. The lowest BCUT2D eigenvalue weighted by molar-refractivity contribution is -0.133. The van der Waals surface area contributed by atoms with Crippen LogP contribution in [0.25, 0.3) is 0 Å². The number of fused-ring (bicyclic) bond motifs is 1. The number of nitrogens with zero attached hydrogens (tertiary/aromatic N) is 1. The van der Waals surface area contributed by atoms with Gasteiger partial charge in [-0.1, -0.05) is 30.3 Å². The van der Waals surface area contributed by atoms with Crippen LogP contribution >= 0.6 is 0 Å². The maximum absolute atomic E-state index is 12.9. The van der Waals surface area contributed by atoms with Crippen molar-refractivity contribution in [3.8, 4) is 5.75 Å². The monoisotopic (exact) mass is 377 g/mol. The highest BCUT2D eigenvalue weighted by molar-refractivity contribution is 5.98. The van der Waals surface area contributed by atoms with Crippen LogP contribution in [0.3, 0.4) is 0 Å². The predicted octanol–water partition coefficient (Wildman–Crippen LogP) is 4.75. The second-order valence-corrected chi connectivity index (χ2v) is 6.97. The van der Waals surface area contributed by atoms with Gasteiger partial charge in [0.15, 0.2) is 5.78 Å². The Labute approximate surface area is 166 Å². The van der Waals surface area contributed by atoms with E-state index in [0.717, 1.165) is 18.6 Å². The molecule has 0 unspecified atom stereocenters. The van der Waals surface area contributed by atoms with Crippen LogP contribution in [-0.2, 0) is 11.2 Å². The van der Waals surface area contributed by atoms with Gasteiger partial charge in [-0.15, -0.1) is 6.58 Å². The van der Waals surface area contributed by atoms with Gasteiger partial charge in [0, 0.05) is 24.9 Å². The highest BCUT2D eigenvalue weighted by atomic mass is 16.5. The van der Waals surface area contributed by atoms with E-state index in [1.165, 1.54) is 11.1 Å². The van der Waals surface area contributed by atoms with Crippen LogP contribution in [-0.4, -0.2) is 29.7 Å². The lowest BCUT2D eigenvalue weighted by Gasteiger charge is -2.29. The molecule has 0 spiro atoms. The lowest BCUT2D eigenvalue weighted by Crippen LogP contribution is -2.34. The fraction of sp³-hybridized carbons (Fsp3) is 0.333. The number of hydrogen-bond acceptors (Lipinski definition) is 3. The third kappa shape index (κ3) is 4.50. The smallest absolute Gasteiger partial charge is 0.223 e. The third-order valence-corrected chi connectivity index (χ3v) is 5.18. The lowest BCUT2D eigenvalue weighted by atomic mass is 10.0. The molecule has 0 bridgehead atoms. The van der Waals surface area contributed by atoms with Crippen LogP contribution in [0.5, 0.6) is 5.75 Å². The molecule has 0 aromatic heterocycles. The molecule has 0 saturated heterocycles. The molecule has 2 aromatic carbocycles. The first-order valence-corrected chi connectivity index (χ1v) is 9.88. The number of carbonyl (C=O) groups excluding carboxylic acids is 2. The van der Waals surface area contributed by atoms with E-state index in [2.05, 4.69) is 18.7 Å². The van der Waals surface area contributed by atoms with Crippen molar-refractivity contribution >= 4 is 11.7 Å².